The number of hydrogen-bond donors (Lipinski definition) is 1. The third-order valence-electron chi connectivity index (χ3n) is 0.894. The Hall–Kier alpha value is -1.32. The first-order chi connectivity index (χ1) is 4.20. The molecular formula is C5H4O4. The van der Waals surface area contributed by atoms with Gasteiger partial charge in [0.15, 0.2) is 0 Å². The van der Waals surface area contributed by atoms with Crippen LogP contribution in [0.2, 0.25) is 0 Å². The smallest absolute Gasteiger partial charge is 0.349 e. The summed E-state index contributed by atoms with van der Waals surface area (Å²) in [5, 5.41) is 8.20. The Kier molecular flexibility index (Phi) is 1.22. The fourth-order valence-corrected chi connectivity index (χ4v) is 0.502. The van der Waals surface area contributed by atoms with Crippen molar-refractivity contribution >= 4 is 11.9 Å². The van der Waals surface area contributed by atoms with E-state index in [1.165, 1.54) is 6.08 Å². The van der Waals surface area contributed by atoms with Crippen molar-refractivity contribution in [2.75, 3.05) is 0 Å². The normalized spacial score (nSPS) is 24.0. The fourth-order valence-electron chi connectivity index (χ4n) is 0.502. The SMILES string of the molecule is O=C1C=C[C@H](C(=O)O)O1. The molecule has 0 aromatic heterocycles. The quantitative estimate of drug-likeness (QED) is 0.486. The Morgan fingerprint density at radius 3 is 2.67 bits per heavy atom. The van der Waals surface area contributed by atoms with Gasteiger partial charge in [0.25, 0.3) is 0 Å². The zero-order chi connectivity index (χ0) is 6.85. The van der Waals surface area contributed by atoms with Gasteiger partial charge in [0.1, 0.15) is 0 Å². The molecule has 1 rings (SSSR count). The first-order valence-corrected chi connectivity index (χ1v) is 2.32. The minimum atomic E-state index is -1.14. The van der Waals surface area contributed by atoms with Gasteiger partial charge in [0.2, 0.25) is 6.10 Å². The van der Waals surface area contributed by atoms with Crippen LogP contribution in [0.1, 0.15) is 0 Å². The number of rotatable bonds is 1. The highest BCUT2D eigenvalue weighted by Crippen LogP contribution is 2.03. The van der Waals surface area contributed by atoms with Crippen LogP contribution in [-0.2, 0) is 14.3 Å². The molecule has 0 aromatic rings. The standard InChI is InChI=1S/C5H4O4/c6-4-2-1-3(9-4)5(7)8/h1-3H,(H,7,8)/t3-/m1/s1. The number of carbonyl (C=O) groups excluding carboxylic acids is 1. The van der Waals surface area contributed by atoms with Crippen molar-refractivity contribution in [3.63, 3.8) is 0 Å². The number of aliphatic carboxylic acids is 1. The van der Waals surface area contributed by atoms with Crippen LogP contribution in [0.25, 0.3) is 0 Å². The van der Waals surface area contributed by atoms with E-state index in [-0.39, 0.29) is 0 Å². The second kappa shape index (κ2) is 1.89. The molecule has 0 amide bonds. The predicted octanol–water partition coefficient (Wildman–Crippen LogP) is -0.447. The third kappa shape index (κ3) is 1.07. The minimum absolute atomic E-state index is 0.595. The number of hydrogen-bond acceptors (Lipinski definition) is 3. The molecule has 0 radical (unpaired) electrons. The zero-order valence-electron chi connectivity index (χ0n) is 4.40. The lowest BCUT2D eigenvalue weighted by molar-refractivity contribution is -0.155. The molecule has 1 heterocycles. The van der Waals surface area contributed by atoms with Crippen LogP contribution in [0, 0.1) is 0 Å². The molecule has 0 aromatic carbocycles. The van der Waals surface area contributed by atoms with Crippen molar-refractivity contribution in [2.45, 2.75) is 6.10 Å². The van der Waals surface area contributed by atoms with E-state index in [2.05, 4.69) is 4.74 Å². The Labute approximate surface area is 50.7 Å². The predicted molar refractivity (Wildman–Crippen MR) is 26.7 cm³/mol. The monoisotopic (exact) mass is 128 g/mol. The van der Waals surface area contributed by atoms with Gasteiger partial charge in [-0.1, -0.05) is 0 Å². The van der Waals surface area contributed by atoms with Crippen molar-refractivity contribution < 1.29 is 19.4 Å². The van der Waals surface area contributed by atoms with Crippen LogP contribution in [0.15, 0.2) is 12.2 Å². The van der Waals surface area contributed by atoms with Gasteiger partial charge in [0.05, 0.1) is 0 Å². The van der Waals surface area contributed by atoms with E-state index in [0.29, 0.717) is 0 Å². The highest BCUT2D eigenvalue weighted by atomic mass is 16.6. The molecule has 1 aliphatic heterocycles. The number of carboxylic acid groups (broad SMARTS) is 1. The number of ether oxygens (including phenoxy) is 1. The first kappa shape index (κ1) is 5.81. The summed E-state index contributed by atoms with van der Waals surface area (Å²) in [5.41, 5.74) is 0. The van der Waals surface area contributed by atoms with Crippen molar-refractivity contribution in [1.29, 1.82) is 0 Å². The second-order valence-corrected chi connectivity index (χ2v) is 1.55. The highest BCUT2D eigenvalue weighted by molar-refractivity contribution is 5.90. The van der Waals surface area contributed by atoms with Gasteiger partial charge in [-0.05, 0) is 6.08 Å². The lowest BCUT2D eigenvalue weighted by Gasteiger charge is -1.98. The average Bonchev–Trinajstić information content (AvgIpc) is 2.14. The summed E-state index contributed by atoms with van der Waals surface area (Å²) in [6, 6.07) is 0. The number of carbonyl (C=O) groups is 2. The topological polar surface area (TPSA) is 63.6 Å². The van der Waals surface area contributed by atoms with Crippen LogP contribution in [0.5, 0.6) is 0 Å². The maximum Gasteiger partial charge on any atom is 0.349 e. The molecule has 48 valence electrons. The van der Waals surface area contributed by atoms with E-state index in [1.54, 1.807) is 0 Å². The highest BCUT2D eigenvalue weighted by Gasteiger charge is 2.22. The molecule has 4 heteroatoms. The molecule has 0 spiro atoms. The third-order valence-corrected chi connectivity index (χ3v) is 0.894. The van der Waals surface area contributed by atoms with Crippen LogP contribution < -0.4 is 0 Å². The summed E-state index contributed by atoms with van der Waals surface area (Å²) >= 11 is 0. The summed E-state index contributed by atoms with van der Waals surface area (Å²) < 4.78 is 4.27. The molecule has 1 atom stereocenters. The van der Waals surface area contributed by atoms with Crippen LogP contribution in [0.4, 0.5) is 0 Å². The summed E-state index contributed by atoms with van der Waals surface area (Å²) in [4.78, 5) is 20.2. The Bertz CT molecular complexity index is 181. The molecule has 9 heavy (non-hydrogen) atoms. The molecule has 1 N–H and O–H groups in total. The maximum absolute atomic E-state index is 10.2. The van der Waals surface area contributed by atoms with Gasteiger partial charge in [-0.2, -0.15) is 0 Å². The van der Waals surface area contributed by atoms with Crippen molar-refractivity contribution in [3.8, 4) is 0 Å². The second-order valence-electron chi connectivity index (χ2n) is 1.55. The van der Waals surface area contributed by atoms with E-state index < -0.39 is 18.0 Å². The lowest BCUT2D eigenvalue weighted by atomic mass is 10.4. The van der Waals surface area contributed by atoms with Crippen molar-refractivity contribution in [3.05, 3.63) is 12.2 Å². The van der Waals surface area contributed by atoms with Crippen LogP contribution >= 0.6 is 0 Å². The zero-order valence-corrected chi connectivity index (χ0v) is 4.40. The minimum Gasteiger partial charge on any atom is -0.478 e. The molecule has 4 nitrogen and oxygen atoms in total. The van der Waals surface area contributed by atoms with Gasteiger partial charge in [-0.3, -0.25) is 0 Å². The van der Waals surface area contributed by atoms with E-state index in [4.69, 9.17) is 5.11 Å². The molecule has 1 aliphatic rings. The maximum atomic E-state index is 10.2. The number of cyclic esters (lactones) is 1. The lowest BCUT2D eigenvalue weighted by Crippen LogP contribution is -2.18. The Balaban J connectivity index is 2.60. The largest absolute Gasteiger partial charge is 0.478 e. The van der Waals surface area contributed by atoms with Gasteiger partial charge >= 0.3 is 11.9 Å². The summed E-state index contributed by atoms with van der Waals surface area (Å²) in [7, 11) is 0. The average molecular weight is 128 g/mol. The molecule has 0 saturated heterocycles. The van der Waals surface area contributed by atoms with Gasteiger partial charge < -0.3 is 9.84 Å². The van der Waals surface area contributed by atoms with Crippen molar-refractivity contribution in [1.82, 2.24) is 0 Å². The van der Waals surface area contributed by atoms with Gasteiger partial charge in [-0.15, -0.1) is 0 Å². The van der Waals surface area contributed by atoms with Gasteiger partial charge in [-0.25, -0.2) is 9.59 Å². The summed E-state index contributed by atoms with van der Waals surface area (Å²) in [6.07, 6.45) is 1.22. The van der Waals surface area contributed by atoms with E-state index in [1.807, 2.05) is 0 Å². The van der Waals surface area contributed by atoms with Crippen LogP contribution in [-0.4, -0.2) is 23.1 Å². The number of esters is 1. The summed E-state index contributed by atoms with van der Waals surface area (Å²) in [5.74, 6) is -1.74. The molecule has 0 aliphatic carbocycles. The molecule has 0 saturated carbocycles. The van der Waals surface area contributed by atoms with E-state index >= 15 is 0 Å². The molecule has 0 bridgehead atoms. The fraction of sp³-hybridized carbons (Fsp3) is 0.200. The molecular weight excluding hydrogens is 124 g/mol. The summed E-state index contributed by atoms with van der Waals surface area (Å²) in [6.45, 7) is 0. The number of carboxylic acids is 1. The van der Waals surface area contributed by atoms with E-state index in [9.17, 15) is 9.59 Å². The van der Waals surface area contributed by atoms with Crippen molar-refractivity contribution in [2.24, 2.45) is 0 Å². The molecule has 0 unspecified atom stereocenters. The Morgan fingerprint density at radius 2 is 2.44 bits per heavy atom. The first-order valence-electron chi connectivity index (χ1n) is 2.32. The van der Waals surface area contributed by atoms with Crippen LogP contribution in [0.3, 0.4) is 0 Å². The van der Waals surface area contributed by atoms with Gasteiger partial charge in [0, 0.05) is 6.08 Å². The van der Waals surface area contributed by atoms with E-state index in [0.717, 1.165) is 6.08 Å². The molecule has 0 fully saturated rings. The Morgan fingerprint density at radius 1 is 1.78 bits per heavy atom.